The van der Waals surface area contributed by atoms with E-state index in [1.807, 2.05) is 0 Å². The lowest BCUT2D eigenvalue weighted by atomic mass is 10.2. The van der Waals surface area contributed by atoms with Crippen LogP contribution < -0.4 is 10.6 Å². The van der Waals surface area contributed by atoms with Crippen molar-refractivity contribution in [2.45, 2.75) is 19.9 Å². The van der Waals surface area contributed by atoms with E-state index in [-0.39, 0.29) is 5.91 Å². The molecule has 1 rings (SSSR count). The van der Waals surface area contributed by atoms with Crippen molar-refractivity contribution in [3.8, 4) is 0 Å². The Kier molecular flexibility index (Phi) is 5.50. The number of hydrogen-bond acceptors (Lipinski definition) is 2. The summed E-state index contributed by atoms with van der Waals surface area (Å²) in [6.45, 7) is 3.32. The molecule has 0 aliphatic carbocycles. The summed E-state index contributed by atoms with van der Waals surface area (Å²) in [4.78, 5) is 24.8. The van der Waals surface area contributed by atoms with Gasteiger partial charge in [0.25, 0.3) is 0 Å². The molecule has 0 spiro atoms. The fraction of sp³-hybridized carbons (Fsp3) is 0.385. The fourth-order valence-corrected chi connectivity index (χ4v) is 2.04. The van der Waals surface area contributed by atoms with Gasteiger partial charge in [0.15, 0.2) is 0 Å². The maximum atomic E-state index is 13.4. The number of nitrogens with zero attached hydrogens (tertiary/aromatic N) is 1. The van der Waals surface area contributed by atoms with Crippen LogP contribution in [0.4, 0.5) is 14.9 Å². The van der Waals surface area contributed by atoms with Crippen molar-refractivity contribution in [3.05, 3.63) is 28.0 Å². The summed E-state index contributed by atoms with van der Waals surface area (Å²) in [6, 6.07) is 1.57. The molecular formula is C13H17BrFN3O2. The first-order chi connectivity index (χ1) is 9.22. The van der Waals surface area contributed by atoms with Crippen molar-refractivity contribution >= 4 is 33.6 Å². The van der Waals surface area contributed by atoms with Gasteiger partial charge in [0.1, 0.15) is 11.9 Å². The van der Waals surface area contributed by atoms with Gasteiger partial charge in [-0.2, -0.15) is 0 Å². The molecule has 0 aromatic heterocycles. The second-order valence-corrected chi connectivity index (χ2v) is 5.49. The molecule has 0 unspecified atom stereocenters. The predicted molar refractivity (Wildman–Crippen MR) is 79.1 cm³/mol. The third-order valence-electron chi connectivity index (χ3n) is 2.67. The Morgan fingerprint density at radius 3 is 2.50 bits per heavy atom. The van der Waals surface area contributed by atoms with E-state index in [1.54, 1.807) is 34.0 Å². The van der Waals surface area contributed by atoms with Gasteiger partial charge in [0.05, 0.1) is 4.47 Å². The number of carbonyl (C=O) groups is 2. The van der Waals surface area contributed by atoms with Gasteiger partial charge < -0.3 is 15.5 Å². The minimum Gasteiger partial charge on any atom is -0.347 e. The number of likely N-dealkylation sites (N-methyl/N-ethyl adjacent to an activating group) is 1. The summed E-state index contributed by atoms with van der Waals surface area (Å²) in [7, 11) is 3.21. The fourth-order valence-electron chi connectivity index (χ4n) is 1.59. The van der Waals surface area contributed by atoms with E-state index < -0.39 is 17.9 Å². The third-order valence-corrected chi connectivity index (χ3v) is 3.28. The van der Waals surface area contributed by atoms with Crippen LogP contribution in [0, 0.1) is 12.7 Å². The Morgan fingerprint density at radius 2 is 1.95 bits per heavy atom. The lowest BCUT2D eigenvalue weighted by molar-refractivity contribution is -0.130. The van der Waals surface area contributed by atoms with Crippen molar-refractivity contribution in [1.29, 1.82) is 0 Å². The highest BCUT2D eigenvalue weighted by Crippen LogP contribution is 2.23. The maximum Gasteiger partial charge on any atom is 0.319 e. The van der Waals surface area contributed by atoms with E-state index in [9.17, 15) is 14.0 Å². The van der Waals surface area contributed by atoms with Crippen LogP contribution in [0.2, 0.25) is 0 Å². The quantitative estimate of drug-likeness (QED) is 0.883. The Labute approximate surface area is 125 Å². The van der Waals surface area contributed by atoms with E-state index in [1.165, 1.54) is 11.0 Å². The highest BCUT2D eigenvalue weighted by Gasteiger charge is 2.17. The molecule has 0 heterocycles. The molecule has 1 aromatic rings. The van der Waals surface area contributed by atoms with Crippen LogP contribution in [-0.4, -0.2) is 37.0 Å². The largest absolute Gasteiger partial charge is 0.347 e. The zero-order chi connectivity index (χ0) is 15.4. The van der Waals surface area contributed by atoms with Gasteiger partial charge in [-0.3, -0.25) is 4.79 Å². The predicted octanol–water partition coefficient (Wildman–Crippen LogP) is 2.49. The summed E-state index contributed by atoms with van der Waals surface area (Å²) in [5.41, 5.74) is 1.06. The first kappa shape index (κ1) is 16.4. The SMILES string of the molecule is Cc1cc(Br)c(F)cc1NC(=O)N[C@@H](C)C(=O)N(C)C. The zero-order valence-electron chi connectivity index (χ0n) is 11.8. The number of hydrogen-bond donors (Lipinski definition) is 2. The van der Waals surface area contributed by atoms with Gasteiger partial charge in [0.2, 0.25) is 5.91 Å². The average molecular weight is 346 g/mol. The van der Waals surface area contributed by atoms with Crippen LogP contribution in [0.1, 0.15) is 12.5 Å². The van der Waals surface area contributed by atoms with E-state index in [2.05, 4.69) is 26.6 Å². The number of urea groups is 1. The summed E-state index contributed by atoms with van der Waals surface area (Å²) in [5, 5.41) is 5.02. The highest BCUT2D eigenvalue weighted by atomic mass is 79.9. The van der Waals surface area contributed by atoms with Gasteiger partial charge in [-0.25, -0.2) is 9.18 Å². The molecule has 2 N–H and O–H groups in total. The van der Waals surface area contributed by atoms with Crippen molar-refractivity contribution in [1.82, 2.24) is 10.2 Å². The molecule has 1 aromatic carbocycles. The molecular weight excluding hydrogens is 329 g/mol. The Morgan fingerprint density at radius 1 is 1.35 bits per heavy atom. The molecule has 110 valence electrons. The molecule has 0 aliphatic heterocycles. The average Bonchev–Trinajstić information content (AvgIpc) is 2.34. The summed E-state index contributed by atoms with van der Waals surface area (Å²) < 4.78 is 13.8. The Bertz CT molecular complexity index is 535. The maximum absolute atomic E-state index is 13.4. The second-order valence-electron chi connectivity index (χ2n) is 4.63. The summed E-state index contributed by atoms with van der Waals surface area (Å²) in [6.07, 6.45) is 0. The van der Waals surface area contributed by atoms with Gasteiger partial charge in [-0.1, -0.05) is 0 Å². The standard InChI is InChI=1S/C13H17BrFN3O2/c1-7-5-9(14)10(15)6-11(7)17-13(20)16-8(2)12(19)18(3)4/h5-6,8H,1-4H3,(H2,16,17,20)/t8-/m0/s1. The van der Waals surface area contributed by atoms with Gasteiger partial charge in [-0.15, -0.1) is 0 Å². The number of anilines is 1. The number of rotatable bonds is 3. The molecule has 3 amide bonds. The lowest BCUT2D eigenvalue weighted by Gasteiger charge is -2.18. The number of carbonyl (C=O) groups excluding carboxylic acids is 2. The molecule has 20 heavy (non-hydrogen) atoms. The topological polar surface area (TPSA) is 61.4 Å². The molecule has 0 bridgehead atoms. The normalized spacial score (nSPS) is 11.7. The molecule has 7 heteroatoms. The molecule has 1 atom stereocenters. The molecule has 0 saturated carbocycles. The van der Waals surface area contributed by atoms with Crippen LogP contribution >= 0.6 is 15.9 Å². The monoisotopic (exact) mass is 345 g/mol. The van der Waals surface area contributed by atoms with E-state index in [0.29, 0.717) is 15.7 Å². The van der Waals surface area contributed by atoms with Crippen LogP contribution in [0.15, 0.2) is 16.6 Å². The Hall–Kier alpha value is -1.63. The van der Waals surface area contributed by atoms with E-state index in [0.717, 1.165) is 0 Å². The number of benzene rings is 1. The number of aryl methyl sites for hydroxylation is 1. The molecule has 0 saturated heterocycles. The minimum absolute atomic E-state index is 0.223. The molecule has 0 radical (unpaired) electrons. The van der Waals surface area contributed by atoms with Gasteiger partial charge in [0, 0.05) is 19.8 Å². The van der Waals surface area contributed by atoms with E-state index >= 15 is 0 Å². The first-order valence-electron chi connectivity index (χ1n) is 5.96. The molecule has 0 fully saturated rings. The van der Waals surface area contributed by atoms with Gasteiger partial charge in [-0.05, 0) is 47.5 Å². The van der Waals surface area contributed by atoms with Gasteiger partial charge >= 0.3 is 6.03 Å². The van der Waals surface area contributed by atoms with Crippen molar-refractivity contribution in [3.63, 3.8) is 0 Å². The minimum atomic E-state index is -0.661. The molecule has 0 aliphatic rings. The lowest BCUT2D eigenvalue weighted by Crippen LogP contribution is -2.45. The summed E-state index contributed by atoms with van der Waals surface area (Å²) >= 11 is 3.07. The molecule has 5 nitrogen and oxygen atoms in total. The Balaban J connectivity index is 2.72. The van der Waals surface area contributed by atoms with Crippen LogP contribution in [-0.2, 0) is 4.79 Å². The second kappa shape index (κ2) is 6.69. The number of amides is 3. The summed E-state index contributed by atoms with van der Waals surface area (Å²) in [5.74, 6) is -0.692. The number of halogens is 2. The van der Waals surface area contributed by atoms with Crippen molar-refractivity contribution in [2.24, 2.45) is 0 Å². The number of nitrogens with one attached hydrogen (secondary N) is 2. The van der Waals surface area contributed by atoms with Crippen molar-refractivity contribution in [2.75, 3.05) is 19.4 Å². The smallest absolute Gasteiger partial charge is 0.319 e. The highest BCUT2D eigenvalue weighted by molar-refractivity contribution is 9.10. The first-order valence-corrected chi connectivity index (χ1v) is 6.76. The van der Waals surface area contributed by atoms with Crippen LogP contribution in [0.3, 0.4) is 0 Å². The third kappa shape index (κ3) is 4.19. The van der Waals surface area contributed by atoms with Crippen LogP contribution in [0.25, 0.3) is 0 Å². The van der Waals surface area contributed by atoms with Crippen LogP contribution in [0.5, 0.6) is 0 Å². The zero-order valence-corrected chi connectivity index (χ0v) is 13.3. The van der Waals surface area contributed by atoms with E-state index in [4.69, 9.17) is 0 Å². The van der Waals surface area contributed by atoms with Crippen molar-refractivity contribution < 1.29 is 14.0 Å².